The lowest BCUT2D eigenvalue weighted by atomic mass is 9.96. The summed E-state index contributed by atoms with van der Waals surface area (Å²) < 4.78 is 21.1. The number of ether oxygens (including phenoxy) is 1. The van der Waals surface area contributed by atoms with Gasteiger partial charge in [0, 0.05) is 24.7 Å². The van der Waals surface area contributed by atoms with E-state index < -0.39 is 6.09 Å². The molecule has 32 heavy (non-hydrogen) atoms. The molecule has 0 radical (unpaired) electrons. The Balaban J connectivity index is 1.46. The van der Waals surface area contributed by atoms with Crippen LogP contribution >= 0.6 is 0 Å². The van der Waals surface area contributed by atoms with E-state index in [4.69, 9.17) is 9.72 Å². The Morgan fingerprint density at radius 2 is 1.56 bits per heavy atom. The number of hydrogen-bond acceptors (Lipinski definition) is 3. The van der Waals surface area contributed by atoms with Crippen molar-refractivity contribution in [2.24, 2.45) is 0 Å². The number of halogens is 1. The highest BCUT2D eigenvalue weighted by atomic mass is 19.1. The number of fused-ring (bicyclic) bond motifs is 1. The Bertz CT molecular complexity index is 1240. The third-order valence-corrected chi connectivity index (χ3v) is 5.86. The molecule has 0 unspecified atom stereocenters. The topological polar surface area (TPSA) is 67.6 Å². The number of hydrogen-bond donors (Lipinski definition) is 1. The van der Waals surface area contributed by atoms with Crippen LogP contribution in [0.1, 0.15) is 24.6 Å². The number of carbonyl (C=O) groups is 1. The maximum atomic E-state index is 13.1. The van der Waals surface area contributed by atoms with E-state index >= 15 is 0 Å². The minimum atomic E-state index is -0.867. The molecule has 4 aromatic rings. The lowest BCUT2D eigenvalue weighted by molar-refractivity contribution is 0.131. The van der Waals surface area contributed by atoms with Gasteiger partial charge in [0.25, 0.3) is 0 Å². The molecule has 5 rings (SSSR count). The van der Waals surface area contributed by atoms with Crippen LogP contribution in [0, 0.1) is 5.82 Å². The first-order valence-corrected chi connectivity index (χ1v) is 10.6. The number of benzene rings is 3. The summed E-state index contributed by atoms with van der Waals surface area (Å²) in [6, 6.07) is 21.6. The molecule has 162 valence electrons. The van der Waals surface area contributed by atoms with Gasteiger partial charge in [-0.15, -0.1) is 0 Å². The van der Waals surface area contributed by atoms with Gasteiger partial charge in [0.1, 0.15) is 23.1 Å². The zero-order valence-electron chi connectivity index (χ0n) is 17.3. The Morgan fingerprint density at radius 1 is 0.938 bits per heavy atom. The van der Waals surface area contributed by atoms with Crippen LogP contribution in [0.25, 0.3) is 16.7 Å². The first-order chi connectivity index (χ1) is 15.6. The molecule has 1 saturated heterocycles. The van der Waals surface area contributed by atoms with Gasteiger partial charge in [0.15, 0.2) is 0 Å². The smallest absolute Gasteiger partial charge is 0.407 e. The predicted molar refractivity (Wildman–Crippen MR) is 119 cm³/mol. The monoisotopic (exact) mass is 431 g/mol. The Labute approximate surface area is 184 Å². The first-order valence-electron chi connectivity index (χ1n) is 10.6. The molecule has 1 N–H and O–H groups in total. The molecule has 0 atom stereocenters. The lowest BCUT2D eigenvalue weighted by Gasteiger charge is -2.30. The summed E-state index contributed by atoms with van der Waals surface area (Å²) >= 11 is 0. The van der Waals surface area contributed by atoms with E-state index in [1.165, 1.54) is 17.0 Å². The van der Waals surface area contributed by atoms with E-state index in [1.807, 2.05) is 48.5 Å². The summed E-state index contributed by atoms with van der Waals surface area (Å²) in [5.74, 6) is 2.04. The van der Waals surface area contributed by atoms with Crippen LogP contribution in [0.4, 0.5) is 9.18 Å². The second kappa shape index (κ2) is 8.34. The van der Waals surface area contributed by atoms with Crippen molar-refractivity contribution in [1.82, 2.24) is 14.5 Å². The summed E-state index contributed by atoms with van der Waals surface area (Å²) in [5, 5.41) is 9.26. The van der Waals surface area contributed by atoms with Gasteiger partial charge in [-0.3, -0.25) is 4.57 Å². The van der Waals surface area contributed by atoms with E-state index in [0.29, 0.717) is 24.6 Å². The van der Waals surface area contributed by atoms with Gasteiger partial charge in [0.2, 0.25) is 0 Å². The minimum Gasteiger partial charge on any atom is -0.465 e. The summed E-state index contributed by atoms with van der Waals surface area (Å²) in [5.41, 5.74) is 2.88. The number of amides is 1. The van der Waals surface area contributed by atoms with Crippen molar-refractivity contribution in [3.63, 3.8) is 0 Å². The highest BCUT2D eigenvalue weighted by molar-refractivity contribution is 5.78. The fraction of sp³-hybridized carbons (Fsp3) is 0.200. The molecular formula is C25H22FN3O3. The van der Waals surface area contributed by atoms with Gasteiger partial charge in [-0.2, -0.15) is 0 Å². The number of piperidine rings is 1. The fourth-order valence-corrected chi connectivity index (χ4v) is 4.22. The second-order valence-electron chi connectivity index (χ2n) is 7.89. The average Bonchev–Trinajstić information content (AvgIpc) is 3.21. The third-order valence-electron chi connectivity index (χ3n) is 5.86. The Hall–Kier alpha value is -3.87. The van der Waals surface area contributed by atoms with Gasteiger partial charge in [-0.1, -0.05) is 12.1 Å². The molecule has 1 fully saturated rings. The zero-order chi connectivity index (χ0) is 22.1. The fourth-order valence-electron chi connectivity index (χ4n) is 4.22. The highest BCUT2D eigenvalue weighted by Crippen LogP contribution is 2.33. The normalized spacial score (nSPS) is 14.6. The maximum absolute atomic E-state index is 13.1. The summed E-state index contributed by atoms with van der Waals surface area (Å²) in [7, 11) is 0. The number of rotatable bonds is 4. The molecule has 1 aliphatic heterocycles. The number of nitrogens with zero attached hydrogens (tertiary/aromatic N) is 3. The van der Waals surface area contributed by atoms with Crippen molar-refractivity contribution in [3.05, 3.63) is 84.4 Å². The molecule has 1 aliphatic rings. The van der Waals surface area contributed by atoms with Gasteiger partial charge in [-0.05, 0) is 73.5 Å². The van der Waals surface area contributed by atoms with Crippen molar-refractivity contribution in [2.45, 2.75) is 18.8 Å². The number of carboxylic acid groups (broad SMARTS) is 1. The molecule has 7 heteroatoms. The zero-order valence-corrected chi connectivity index (χ0v) is 17.3. The van der Waals surface area contributed by atoms with E-state index in [0.717, 1.165) is 35.4 Å². The molecule has 3 aromatic carbocycles. The molecule has 6 nitrogen and oxygen atoms in total. The number of imidazole rings is 1. The Morgan fingerprint density at radius 3 is 2.22 bits per heavy atom. The second-order valence-corrected chi connectivity index (χ2v) is 7.89. The van der Waals surface area contributed by atoms with E-state index in [1.54, 1.807) is 12.1 Å². The molecule has 0 saturated carbocycles. The van der Waals surface area contributed by atoms with Gasteiger partial charge < -0.3 is 14.7 Å². The van der Waals surface area contributed by atoms with Crippen molar-refractivity contribution < 1.29 is 19.0 Å². The number of aromatic nitrogens is 2. The minimum absolute atomic E-state index is 0.174. The van der Waals surface area contributed by atoms with Crippen molar-refractivity contribution in [1.29, 1.82) is 0 Å². The van der Waals surface area contributed by atoms with Crippen LogP contribution < -0.4 is 4.74 Å². The third kappa shape index (κ3) is 3.89. The molecule has 0 bridgehead atoms. The summed E-state index contributed by atoms with van der Waals surface area (Å²) in [6.07, 6.45) is 0.608. The van der Waals surface area contributed by atoms with Gasteiger partial charge in [-0.25, -0.2) is 14.2 Å². The average molecular weight is 431 g/mol. The van der Waals surface area contributed by atoms with E-state index in [9.17, 15) is 14.3 Å². The van der Waals surface area contributed by atoms with Crippen LogP contribution in [0.2, 0.25) is 0 Å². The highest BCUT2D eigenvalue weighted by Gasteiger charge is 2.27. The van der Waals surface area contributed by atoms with Crippen molar-refractivity contribution in [3.8, 4) is 17.2 Å². The molecule has 0 spiro atoms. The van der Waals surface area contributed by atoms with E-state index in [2.05, 4.69) is 4.57 Å². The maximum Gasteiger partial charge on any atom is 0.407 e. The van der Waals surface area contributed by atoms with Crippen LogP contribution in [-0.2, 0) is 0 Å². The number of para-hydroxylation sites is 2. The molecule has 1 amide bonds. The quantitative estimate of drug-likeness (QED) is 0.442. The van der Waals surface area contributed by atoms with Gasteiger partial charge in [0.05, 0.1) is 11.0 Å². The lowest BCUT2D eigenvalue weighted by Crippen LogP contribution is -2.37. The first kappa shape index (κ1) is 20.1. The molecule has 1 aromatic heterocycles. The molecular weight excluding hydrogens is 409 g/mol. The predicted octanol–water partition coefficient (Wildman–Crippen LogP) is 5.81. The largest absolute Gasteiger partial charge is 0.465 e. The van der Waals surface area contributed by atoms with Crippen LogP contribution in [0.15, 0.2) is 72.8 Å². The molecule has 2 heterocycles. The van der Waals surface area contributed by atoms with Crippen LogP contribution in [0.5, 0.6) is 11.5 Å². The molecule has 0 aliphatic carbocycles. The van der Waals surface area contributed by atoms with Crippen LogP contribution in [0.3, 0.4) is 0 Å². The van der Waals surface area contributed by atoms with E-state index in [-0.39, 0.29) is 11.7 Å². The summed E-state index contributed by atoms with van der Waals surface area (Å²) in [6.45, 7) is 1.02. The SMILES string of the molecule is O=C(O)N1CCC(c2nc3ccccc3n2-c2ccc(Oc3ccc(F)cc3)cc2)CC1. The number of likely N-dealkylation sites (tertiary alicyclic amines) is 1. The Kier molecular flexibility index (Phi) is 5.23. The van der Waals surface area contributed by atoms with Crippen molar-refractivity contribution >= 4 is 17.1 Å². The standard InChI is InChI=1S/C25H22FN3O3/c26-18-5-9-20(10-6-18)32-21-11-7-19(8-12-21)29-23-4-2-1-3-22(23)27-24(29)17-13-15-28(16-14-17)25(30)31/h1-12,17H,13-16H2,(H,30,31). The summed E-state index contributed by atoms with van der Waals surface area (Å²) in [4.78, 5) is 17.7. The van der Waals surface area contributed by atoms with Crippen LogP contribution in [-0.4, -0.2) is 38.7 Å². The van der Waals surface area contributed by atoms with Gasteiger partial charge >= 0.3 is 6.09 Å². The van der Waals surface area contributed by atoms with Crippen molar-refractivity contribution in [2.75, 3.05) is 13.1 Å².